The lowest BCUT2D eigenvalue weighted by molar-refractivity contribution is 0.0423. The van der Waals surface area contributed by atoms with Crippen molar-refractivity contribution in [1.29, 1.82) is 0 Å². The Kier molecular flexibility index (Phi) is 9.74. The molecule has 0 aromatic rings. The molecular formula is C13H30N2O2. The minimum Gasteiger partial charge on any atom is -0.389 e. The fraction of sp³-hybridized carbons (Fsp3) is 1.00. The van der Waals surface area contributed by atoms with Crippen LogP contribution in [0.2, 0.25) is 0 Å². The third-order valence-corrected chi connectivity index (χ3v) is 2.77. The van der Waals surface area contributed by atoms with Crippen LogP contribution in [0.15, 0.2) is 0 Å². The summed E-state index contributed by atoms with van der Waals surface area (Å²) >= 11 is 0. The van der Waals surface area contributed by atoms with Gasteiger partial charge < -0.3 is 15.2 Å². The van der Waals surface area contributed by atoms with Gasteiger partial charge >= 0.3 is 0 Å². The van der Waals surface area contributed by atoms with Crippen LogP contribution in [-0.4, -0.2) is 61.0 Å². The first kappa shape index (κ1) is 16.8. The van der Waals surface area contributed by atoms with Crippen LogP contribution in [0.5, 0.6) is 0 Å². The van der Waals surface area contributed by atoms with Gasteiger partial charge in [0.2, 0.25) is 0 Å². The third kappa shape index (κ3) is 8.55. The molecule has 0 saturated carbocycles. The Hall–Kier alpha value is -0.160. The van der Waals surface area contributed by atoms with E-state index in [1.165, 1.54) is 0 Å². The predicted molar refractivity (Wildman–Crippen MR) is 72.3 cm³/mol. The molecule has 0 aromatic heterocycles. The minimum absolute atomic E-state index is 0.401. The first-order chi connectivity index (χ1) is 7.99. The van der Waals surface area contributed by atoms with E-state index in [0.29, 0.717) is 31.8 Å². The molecule has 0 spiro atoms. The molecule has 0 bridgehead atoms. The molecular weight excluding hydrogens is 216 g/mol. The molecule has 0 heterocycles. The second kappa shape index (κ2) is 9.83. The van der Waals surface area contributed by atoms with E-state index in [9.17, 15) is 5.11 Å². The van der Waals surface area contributed by atoms with Gasteiger partial charge in [0.05, 0.1) is 12.7 Å². The van der Waals surface area contributed by atoms with Gasteiger partial charge in [-0.2, -0.15) is 0 Å². The summed E-state index contributed by atoms with van der Waals surface area (Å²) in [5, 5.41) is 12.8. The topological polar surface area (TPSA) is 44.7 Å². The second-order valence-electron chi connectivity index (χ2n) is 4.94. The average Bonchev–Trinajstić information content (AvgIpc) is 2.24. The van der Waals surface area contributed by atoms with Crippen molar-refractivity contribution in [2.75, 3.05) is 32.8 Å². The molecule has 0 aliphatic carbocycles. The Morgan fingerprint density at radius 3 is 2.24 bits per heavy atom. The Balaban J connectivity index is 3.61. The van der Waals surface area contributed by atoms with Crippen LogP contribution >= 0.6 is 0 Å². The van der Waals surface area contributed by atoms with Crippen molar-refractivity contribution in [3.63, 3.8) is 0 Å². The average molecular weight is 246 g/mol. The van der Waals surface area contributed by atoms with Crippen LogP contribution in [-0.2, 0) is 4.74 Å². The van der Waals surface area contributed by atoms with Crippen molar-refractivity contribution >= 4 is 0 Å². The predicted octanol–water partition coefficient (Wildman–Crippen LogP) is 1.09. The molecule has 4 heteroatoms. The molecule has 1 unspecified atom stereocenters. The summed E-state index contributed by atoms with van der Waals surface area (Å²) in [6, 6.07) is 1.12. The number of nitrogens with zero attached hydrogens (tertiary/aromatic N) is 1. The lowest BCUT2D eigenvalue weighted by atomic mass is 10.2. The van der Waals surface area contributed by atoms with Gasteiger partial charge in [0.15, 0.2) is 0 Å². The molecule has 0 amide bonds. The van der Waals surface area contributed by atoms with Crippen LogP contribution < -0.4 is 5.32 Å². The van der Waals surface area contributed by atoms with E-state index >= 15 is 0 Å². The van der Waals surface area contributed by atoms with Crippen LogP contribution in [0.25, 0.3) is 0 Å². The monoisotopic (exact) mass is 246 g/mol. The Morgan fingerprint density at radius 1 is 1.18 bits per heavy atom. The zero-order valence-corrected chi connectivity index (χ0v) is 12.1. The first-order valence-corrected chi connectivity index (χ1v) is 6.71. The summed E-state index contributed by atoms with van der Waals surface area (Å²) in [5.41, 5.74) is 0. The fourth-order valence-corrected chi connectivity index (χ4v) is 1.90. The maximum absolute atomic E-state index is 9.56. The van der Waals surface area contributed by atoms with E-state index in [1.807, 2.05) is 6.92 Å². The standard InChI is InChI=1S/C13H30N2O2/c1-6-17-10-13(16)9-14-7-8-15(11(2)3)12(4)5/h11-14,16H,6-10H2,1-5H3. The van der Waals surface area contributed by atoms with Crippen LogP contribution in [0.4, 0.5) is 0 Å². The van der Waals surface area contributed by atoms with Gasteiger partial charge in [-0.15, -0.1) is 0 Å². The highest BCUT2D eigenvalue weighted by Gasteiger charge is 2.12. The number of hydrogen-bond donors (Lipinski definition) is 2. The fourth-order valence-electron chi connectivity index (χ4n) is 1.90. The van der Waals surface area contributed by atoms with Gasteiger partial charge in [-0.3, -0.25) is 4.90 Å². The molecule has 2 N–H and O–H groups in total. The van der Waals surface area contributed by atoms with E-state index in [1.54, 1.807) is 0 Å². The van der Waals surface area contributed by atoms with Gasteiger partial charge in [-0.1, -0.05) is 0 Å². The molecule has 0 rings (SSSR count). The number of nitrogens with one attached hydrogen (secondary N) is 1. The first-order valence-electron chi connectivity index (χ1n) is 6.71. The Labute approximate surface area is 106 Å². The van der Waals surface area contributed by atoms with E-state index in [-0.39, 0.29) is 0 Å². The molecule has 0 saturated heterocycles. The summed E-state index contributed by atoms with van der Waals surface area (Å²) in [7, 11) is 0. The van der Waals surface area contributed by atoms with Gasteiger partial charge in [0.25, 0.3) is 0 Å². The maximum atomic E-state index is 9.56. The molecule has 104 valence electrons. The highest BCUT2D eigenvalue weighted by atomic mass is 16.5. The zero-order chi connectivity index (χ0) is 13.3. The number of hydrogen-bond acceptors (Lipinski definition) is 4. The quantitative estimate of drug-likeness (QED) is 0.567. The van der Waals surface area contributed by atoms with Crippen molar-refractivity contribution in [2.24, 2.45) is 0 Å². The summed E-state index contributed by atoms with van der Waals surface area (Å²) in [5.74, 6) is 0. The number of ether oxygens (including phenoxy) is 1. The minimum atomic E-state index is -0.401. The van der Waals surface area contributed by atoms with Crippen molar-refractivity contribution < 1.29 is 9.84 Å². The van der Waals surface area contributed by atoms with Crippen molar-refractivity contribution in [1.82, 2.24) is 10.2 Å². The summed E-state index contributed by atoms with van der Waals surface area (Å²) in [4.78, 5) is 2.43. The van der Waals surface area contributed by atoms with Crippen LogP contribution in [0, 0.1) is 0 Å². The van der Waals surface area contributed by atoms with E-state index in [2.05, 4.69) is 37.9 Å². The smallest absolute Gasteiger partial charge is 0.0897 e. The largest absolute Gasteiger partial charge is 0.389 e. The summed E-state index contributed by atoms with van der Waals surface area (Å²) < 4.78 is 5.15. The van der Waals surface area contributed by atoms with E-state index in [4.69, 9.17) is 4.74 Å². The highest BCUT2D eigenvalue weighted by molar-refractivity contribution is 4.69. The zero-order valence-electron chi connectivity index (χ0n) is 12.1. The second-order valence-corrected chi connectivity index (χ2v) is 4.94. The van der Waals surface area contributed by atoms with Crippen LogP contribution in [0.3, 0.4) is 0 Å². The third-order valence-electron chi connectivity index (χ3n) is 2.77. The number of aliphatic hydroxyl groups is 1. The molecule has 0 fully saturated rings. The SMILES string of the molecule is CCOCC(O)CNCCN(C(C)C)C(C)C. The molecule has 0 aromatic carbocycles. The van der Waals surface area contributed by atoms with E-state index < -0.39 is 6.10 Å². The van der Waals surface area contributed by atoms with E-state index in [0.717, 1.165) is 13.1 Å². The molecule has 17 heavy (non-hydrogen) atoms. The molecule has 1 atom stereocenters. The number of aliphatic hydroxyl groups excluding tert-OH is 1. The van der Waals surface area contributed by atoms with Gasteiger partial charge in [-0.05, 0) is 34.6 Å². The van der Waals surface area contributed by atoms with Gasteiger partial charge in [0.1, 0.15) is 0 Å². The number of rotatable bonds is 10. The molecule has 4 nitrogen and oxygen atoms in total. The maximum Gasteiger partial charge on any atom is 0.0897 e. The van der Waals surface area contributed by atoms with Crippen LogP contribution in [0.1, 0.15) is 34.6 Å². The van der Waals surface area contributed by atoms with Crippen molar-refractivity contribution in [3.05, 3.63) is 0 Å². The lowest BCUT2D eigenvalue weighted by Gasteiger charge is -2.30. The van der Waals surface area contributed by atoms with Crippen molar-refractivity contribution in [2.45, 2.75) is 52.8 Å². The summed E-state index contributed by atoms with van der Waals surface area (Å²) in [6.45, 7) is 14.4. The Morgan fingerprint density at radius 2 is 1.76 bits per heavy atom. The summed E-state index contributed by atoms with van der Waals surface area (Å²) in [6.07, 6.45) is -0.401. The van der Waals surface area contributed by atoms with Gasteiger partial charge in [-0.25, -0.2) is 0 Å². The molecule has 0 aliphatic rings. The molecule has 0 radical (unpaired) electrons. The Bertz CT molecular complexity index is 167. The van der Waals surface area contributed by atoms with Crippen molar-refractivity contribution in [3.8, 4) is 0 Å². The highest BCUT2D eigenvalue weighted by Crippen LogP contribution is 2.03. The lowest BCUT2D eigenvalue weighted by Crippen LogP contribution is -2.42. The van der Waals surface area contributed by atoms with Gasteiger partial charge in [0, 0.05) is 38.3 Å². The normalized spacial score (nSPS) is 13.9. The molecule has 0 aliphatic heterocycles.